The molecule has 2 N–H and O–H groups in total. The summed E-state index contributed by atoms with van der Waals surface area (Å²) in [5.74, 6) is 0.926. The molecule has 25 heavy (non-hydrogen) atoms. The van der Waals surface area contributed by atoms with E-state index in [0.29, 0.717) is 13.2 Å². The van der Waals surface area contributed by atoms with E-state index in [-0.39, 0.29) is 0 Å². The van der Waals surface area contributed by atoms with Crippen molar-refractivity contribution < 1.29 is 9.47 Å². The Morgan fingerprint density at radius 3 is 2.56 bits per heavy atom. The molecule has 0 unspecified atom stereocenters. The number of nitrogens with one attached hydrogen (secondary N) is 2. The molecule has 0 aliphatic carbocycles. The highest BCUT2D eigenvalue weighted by molar-refractivity contribution is 5.79. The molecule has 0 aromatic rings. The SMILES string of the molecule is CCNC(=NCCCOCCOC)NCCCCCN1CCCCC1. The van der Waals surface area contributed by atoms with E-state index in [9.17, 15) is 0 Å². The molecule has 1 aliphatic rings. The predicted molar refractivity (Wildman–Crippen MR) is 105 cm³/mol. The molecule has 0 amide bonds. The van der Waals surface area contributed by atoms with E-state index in [1.807, 2.05) is 0 Å². The van der Waals surface area contributed by atoms with Crippen LogP contribution in [0.2, 0.25) is 0 Å². The van der Waals surface area contributed by atoms with Crippen LogP contribution in [0.25, 0.3) is 0 Å². The largest absolute Gasteiger partial charge is 0.382 e. The molecule has 1 rings (SSSR count). The minimum absolute atomic E-state index is 0.658. The standard InChI is InChI=1S/C19H40N4O2/c1-3-20-19(22-12-10-16-25-18-17-24-2)21-11-6-4-7-13-23-14-8-5-9-15-23/h3-18H2,1-2H3,(H2,20,21,22). The van der Waals surface area contributed by atoms with Crippen LogP contribution in [0, 0.1) is 0 Å². The maximum atomic E-state index is 5.45. The molecule has 0 spiro atoms. The number of guanidine groups is 1. The van der Waals surface area contributed by atoms with Crippen LogP contribution >= 0.6 is 0 Å². The lowest BCUT2D eigenvalue weighted by Crippen LogP contribution is -2.38. The number of methoxy groups -OCH3 is 1. The van der Waals surface area contributed by atoms with Gasteiger partial charge in [-0.2, -0.15) is 0 Å². The number of hydrogen-bond donors (Lipinski definition) is 2. The van der Waals surface area contributed by atoms with Crippen molar-refractivity contribution in [3.05, 3.63) is 0 Å². The van der Waals surface area contributed by atoms with Crippen LogP contribution in [0.5, 0.6) is 0 Å². The first-order valence-corrected chi connectivity index (χ1v) is 10.2. The third-order valence-electron chi connectivity index (χ3n) is 4.38. The van der Waals surface area contributed by atoms with Gasteiger partial charge in [0.25, 0.3) is 0 Å². The molecular weight excluding hydrogens is 316 g/mol. The molecule has 0 aromatic heterocycles. The Kier molecular flexibility index (Phi) is 14.7. The van der Waals surface area contributed by atoms with Crippen LogP contribution < -0.4 is 10.6 Å². The summed E-state index contributed by atoms with van der Waals surface area (Å²) in [6.45, 7) is 10.7. The van der Waals surface area contributed by atoms with E-state index in [4.69, 9.17) is 9.47 Å². The van der Waals surface area contributed by atoms with Gasteiger partial charge in [0.15, 0.2) is 5.96 Å². The molecule has 0 bridgehead atoms. The average molecular weight is 357 g/mol. The topological polar surface area (TPSA) is 58.1 Å². The first-order valence-electron chi connectivity index (χ1n) is 10.2. The number of nitrogens with zero attached hydrogens (tertiary/aromatic N) is 2. The van der Waals surface area contributed by atoms with Crippen molar-refractivity contribution in [1.82, 2.24) is 15.5 Å². The maximum absolute atomic E-state index is 5.45. The normalized spacial score (nSPS) is 16.2. The van der Waals surface area contributed by atoms with Gasteiger partial charge in [-0.3, -0.25) is 4.99 Å². The van der Waals surface area contributed by atoms with Crippen molar-refractivity contribution in [3.63, 3.8) is 0 Å². The van der Waals surface area contributed by atoms with E-state index >= 15 is 0 Å². The monoisotopic (exact) mass is 356 g/mol. The lowest BCUT2D eigenvalue weighted by molar-refractivity contribution is 0.0702. The Bertz CT molecular complexity index is 321. The summed E-state index contributed by atoms with van der Waals surface area (Å²) >= 11 is 0. The Morgan fingerprint density at radius 1 is 0.960 bits per heavy atom. The van der Waals surface area contributed by atoms with Gasteiger partial charge >= 0.3 is 0 Å². The van der Waals surface area contributed by atoms with Gasteiger partial charge in [-0.05, 0) is 58.7 Å². The van der Waals surface area contributed by atoms with Crippen LogP contribution in [0.3, 0.4) is 0 Å². The van der Waals surface area contributed by atoms with Crippen LogP contribution in [0.1, 0.15) is 51.9 Å². The third kappa shape index (κ3) is 13.1. The fourth-order valence-electron chi connectivity index (χ4n) is 2.97. The zero-order chi connectivity index (χ0) is 18.0. The van der Waals surface area contributed by atoms with Crippen LogP contribution in [0.15, 0.2) is 4.99 Å². The Hall–Kier alpha value is -0.850. The second kappa shape index (κ2) is 16.6. The highest BCUT2D eigenvalue weighted by Gasteiger charge is 2.08. The maximum Gasteiger partial charge on any atom is 0.191 e. The summed E-state index contributed by atoms with van der Waals surface area (Å²) in [7, 11) is 1.69. The highest BCUT2D eigenvalue weighted by atomic mass is 16.5. The molecule has 0 aromatic carbocycles. The van der Waals surface area contributed by atoms with Crippen molar-refractivity contribution in [1.29, 1.82) is 0 Å². The predicted octanol–water partition coefficient (Wildman–Crippen LogP) is 2.25. The number of likely N-dealkylation sites (tertiary alicyclic amines) is 1. The number of piperidine rings is 1. The highest BCUT2D eigenvalue weighted by Crippen LogP contribution is 2.09. The second-order valence-corrected chi connectivity index (χ2v) is 6.61. The van der Waals surface area contributed by atoms with E-state index in [2.05, 4.69) is 27.4 Å². The lowest BCUT2D eigenvalue weighted by Gasteiger charge is -2.26. The number of ether oxygens (including phenoxy) is 2. The Labute approximate surface area is 154 Å². The van der Waals surface area contributed by atoms with Crippen LogP contribution in [-0.2, 0) is 9.47 Å². The second-order valence-electron chi connectivity index (χ2n) is 6.61. The smallest absolute Gasteiger partial charge is 0.191 e. The average Bonchev–Trinajstić information content (AvgIpc) is 2.64. The number of hydrogen-bond acceptors (Lipinski definition) is 4. The van der Waals surface area contributed by atoms with Gasteiger partial charge < -0.3 is 25.0 Å². The molecule has 0 atom stereocenters. The van der Waals surface area contributed by atoms with E-state index in [1.165, 1.54) is 58.2 Å². The van der Waals surface area contributed by atoms with Gasteiger partial charge in [-0.25, -0.2) is 0 Å². The molecular formula is C19H40N4O2. The van der Waals surface area contributed by atoms with E-state index < -0.39 is 0 Å². The molecule has 148 valence electrons. The van der Waals surface area contributed by atoms with Gasteiger partial charge in [0, 0.05) is 33.4 Å². The van der Waals surface area contributed by atoms with Crippen molar-refractivity contribution in [2.45, 2.75) is 51.9 Å². The fourth-order valence-corrected chi connectivity index (χ4v) is 2.97. The minimum atomic E-state index is 0.658. The first kappa shape index (κ1) is 22.2. The molecule has 6 nitrogen and oxygen atoms in total. The molecule has 1 fully saturated rings. The van der Waals surface area contributed by atoms with Gasteiger partial charge in [0.05, 0.1) is 13.2 Å². The Morgan fingerprint density at radius 2 is 1.80 bits per heavy atom. The minimum Gasteiger partial charge on any atom is -0.382 e. The summed E-state index contributed by atoms with van der Waals surface area (Å²) in [6.07, 6.45) is 8.95. The van der Waals surface area contributed by atoms with Gasteiger partial charge in [0.1, 0.15) is 0 Å². The van der Waals surface area contributed by atoms with Crippen LogP contribution in [-0.4, -0.2) is 77.1 Å². The summed E-state index contributed by atoms with van der Waals surface area (Å²) in [5.41, 5.74) is 0. The third-order valence-corrected chi connectivity index (χ3v) is 4.38. The molecule has 1 aliphatic heterocycles. The molecule has 1 saturated heterocycles. The summed E-state index contributed by atoms with van der Waals surface area (Å²) in [6, 6.07) is 0. The van der Waals surface area contributed by atoms with Crippen molar-refractivity contribution in [3.8, 4) is 0 Å². The van der Waals surface area contributed by atoms with Gasteiger partial charge in [0.2, 0.25) is 0 Å². The fraction of sp³-hybridized carbons (Fsp3) is 0.947. The zero-order valence-corrected chi connectivity index (χ0v) is 16.5. The Balaban J connectivity index is 2.00. The molecule has 6 heteroatoms. The lowest BCUT2D eigenvalue weighted by atomic mass is 10.1. The van der Waals surface area contributed by atoms with Gasteiger partial charge in [-0.1, -0.05) is 12.8 Å². The molecule has 0 radical (unpaired) electrons. The van der Waals surface area contributed by atoms with Crippen molar-refractivity contribution in [2.24, 2.45) is 4.99 Å². The van der Waals surface area contributed by atoms with Crippen molar-refractivity contribution >= 4 is 5.96 Å². The number of aliphatic imine (C=N–C) groups is 1. The summed E-state index contributed by atoms with van der Waals surface area (Å²) in [4.78, 5) is 7.22. The molecule has 1 heterocycles. The van der Waals surface area contributed by atoms with E-state index in [0.717, 1.165) is 38.6 Å². The quantitative estimate of drug-likeness (QED) is 0.284. The van der Waals surface area contributed by atoms with E-state index in [1.54, 1.807) is 7.11 Å². The van der Waals surface area contributed by atoms with Crippen LogP contribution in [0.4, 0.5) is 0 Å². The number of rotatable bonds is 14. The zero-order valence-electron chi connectivity index (χ0n) is 16.5. The first-order chi connectivity index (χ1) is 12.4. The van der Waals surface area contributed by atoms with Crippen molar-refractivity contribution in [2.75, 3.05) is 66.2 Å². The molecule has 0 saturated carbocycles. The summed E-state index contributed by atoms with van der Waals surface area (Å²) < 4.78 is 10.4. The number of unbranched alkanes of at least 4 members (excludes halogenated alkanes) is 2. The van der Waals surface area contributed by atoms with Gasteiger partial charge in [-0.15, -0.1) is 0 Å². The summed E-state index contributed by atoms with van der Waals surface area (Å²) in [5, 5.41) is 6.74.